The van der Waals surface area contributed by atoms with Crippen molar-refractivity contribution in [2.75, 3.05) is 0 Å². The molecule has 0 aliphatic heterocycles. The minimum absolute atomic E-state index is 0.0619. The van der Waals surface area contributed by atoms with E-state index in [-0.39, 0.29) is 6.04 Å². The maximum Gasteiger partial charge on any atom is 0.0715 e. The first-order valence-corrected chi connectivity index (χ1v) is 10.3. The van der Waals surface area contributed by atoms with Crippen molar-refractivity contribution in [3.05, 3.63) is 144 Å². The van der Waals surface area contributed by atoms with Crippen molar-refractivity contribution in [1.82, 2.24) is 9.88 Å². The normalized spacial score (nSPS) is 12.3. The lowest BCUT2D eigenvalue weighted by Crippen LogP contribution is -2.27. The second kappa shape index (κ2) is 10.3. The number of pyridine rings is 1. The summed E-state index contributed by atoms with van der Waals surface area (Å²) in [5.41, 5.74) is 4.83. The van der Waals surface area contributed by atoms with E-state index in [1.807, 2.05) is 18.3 Å². The summed E-state index contributed by atoms with van der Waals surface area (Å²) in [6.07, 6.45) is 6.34. The van der Waals surface area contributed by atoms with Crippen molar-refractivity contribution in [2.45, 2.75) is 19.1 Å². The molecule has 148 valence electrons. The van der Waals surface area contributed by atoms with Gasteiger partial charge in [0.1, 0.15) is 0 Å². The summed E-state index contributed by atoms with van der Waals surface area (Å²) in [5.74, 6) is 0. The van der Waals surface area contributed by atoms with Gasteiger partial charge in [-0.1, -0.05) is 109 Å². The third-order valence-electron chi connectivity index (χ3n) is 5.11. The fraction of sp³-hybridized carbons (Fsp3) is 0.107. The average molecular weight is 391 g/mol. The Morgan fingerprint density at radius 1 is 0.633 bits per heavy atom. The Bertz CT molecular complexity index is 988. The zero-order valence-electron chi connectivity index (χ0n) is 17.0. The minimum atomic E-state index is 0.0619. The van der Waals surface area contributed by atoms with Crippen molar-refractivity contribution >= 4 is 6.08 Å². The summed E-state index contributed by atoms with van der Waals surface area (Å²) in [4.78, 5) is 7.18. The number of hydrogen-bond donors (Lipinski definition) is 0. The highest BCUT2D eigenvalue weighted by atomic mass is 15.2. The maximum absolute atomic E-state index is 4.70. The Kier molecular flexibility index (Phi) is 6.82. The summed E-state index contributed by atoms with van der Waals surface area (Å²) in [6, 6.07) is 38.0. The fourth-order valence-corrected chi connectivity index (χ4v) is 3.61. The lowest BCUT2D eigenvalue weighted by atomic mass is 10.1. The molecule has 2 nitrogen and oxygen atoms in total. The monoisotopic (exact) mass is 390 g/mol. The molecule has 0 saturated carbocycles. The Morgan fingerprint density at radius 3 is 1.70 bits per heavy atom. The lowest BCUT2D eigenvalue weighted by Gasteiger charge is -2.30. The third-order valence-corrected chi connectivity index (χ3v) is 5.11. The van der Waals surface area contributed by atoms with E-state index >= 15 is 0 Å². The first-order valence-electron chi connectivity index (χ1n) is 10.3. The maximum atomic E-state index is 4.70. The van der Waals surface area contributed by atoms with E-state index in [0.29, 0.717) is 0 Å². The van der Waals surface area contributed by atoms with Crippen LogP contribution in [0.4, 0.5) is 0 Å². The highest BCUT2D eigenvalue weighted by Gasteiger charge is 2.20. The topological polar surface area (TPSA) is 16.1 Å². The predicted molar refractivity (Wildman–Crippen MR) is 125 cm³/mol. The van der Waals surface area contributed by atoms with Crippen LogP contribution in [0.15, 0.2) is 121 Å². The fourth-order valence-electron chi connectivity index (χ4n) is 3.61. The van der Waals surface area contributed by atoms with Crippen LogP contribution in [0.3, 0.4) is 0 Å². The van der Waals surface area contributed by atoms with Gasteiger partial charge in [0.25, 0.3) is 0 Å². The molecular weight excluding hydrogens is 364 g/mol. The molecule has 30 heavy (non-hydrogen) atoms. The highest BCUT2D eigenvalue weighted by Crippen LogP contribution is 2.26. The van der Waals surface area contributed by atoms with Crippen molar-refractivity contribution in [2.24, 2.45) is 0 Å². The second-order valence-electron chi connectivity index (χ2n) is 7.35. The summed E-state index contributed by atoms with van der Waals surface area (Å²) < 4.78 is 0. The summed E-state index contributed by atoms with van der Waals surface area (Å²) in [5, 5.41) is 0. The molecule has 0 radical (unpaired) electrons. The van der Waals surface area contributed by atoms with Gasteiger partial charge in [0.15, 0.2) is 0 Å². The molecule has 0 fully saturated rings. The average Bonchev–Trinajstić information content (AvgIpc) is 2.82. The van der Waals surface area contributed by atoms with Gasteiger partial charge in [0, 0.05) is 19.3 Å². The molecule has 2 heteroatoms. The summed E-state index contributed by atoms with van der Waals surface area (Å²) >= 11 is 0. The first-order chi connectivity index (χ1) is 14.9. The Labute approximate surface area is 179 Å². The smallest absolute Gasteiger partial charge is 0.0715 e. The predicted octanol–water partition coefficient (Wildman–Crippen LogP) is 6.54. The van der Waals surface area contributed by atoms with Crippen molar-refractivity contribution < 1.29 is 0 Å². The van der Waals surface area contributed by atoms with Gasteiger partial charge in [-0.05, 0) is 28.8 Å². The third kappa shape index (κ3) is 5.53. The Morgan fingerprint density at radius 2 is 1.17 bits per heavy atom. The molecule has 0 aliphatic rings. The van der Waals surface area contributed by atoms with Gasteiger partial charge in [-0.25, -0.2) is 0 Å². The van der Waals surface area contributed by atoms with Gasteiger partial charge in [-0.15, -0.1) is 0 Å². The molecule has 0 aliphatic carbocycles. The second-order valence-corrected chi connectivity index (χ2v) is 7.35. The van der Waals surface area contributed by atoms with Gasteiger partial charge in [-0.2, -0.15) is 0 Å². The van der Waals surface area contributed by atoms with Gasteiger partial charge in [0.05, 0.1) is 11.7 Å². The standard InChI is InChI=1S/C28H26N2/c1-4-12-24(13-5-1)19-20-28(27-18-10-11-21-29-27)30(22-25-14-6-2-7-15-25)23-26-16-8-3-9-17-26/h1-21,28H,22-23H2/b20-19+. The molecule has 0 N–H and O–H groups in total. The number of benzene rings is 3. The molecule has 1 unspecified atom stereocenters. The first kappa shape index (κ1) is 19.8. The highest BCUT2D eigenvalue weighted by molar-refractivity contribution is 5.50. The lowest BCUT2D eigenvalue weighted by molar-refractivity contribution is 0.210. The largest absolute Gasteiger partial charge is 0.283 e. The van der Waals surface area contributed by atoms with Crippen LogP contribution in [0, 0.1) is 0 Å². The van der Waals surface area contributed by atoms with Gasteiger partial charge in [-0.3, -0.25) is 9.88 Å². The van der Waals surface area contributed by atoms with Crippen LogP contribution >= 0.6 is 0 Å². The Hall–Kier alpha value is -3.49. The molecular formula is C28H26N2. The van der Waals surface area contributed by atoms with Crippen LogP contribution in [-0.4, -0.2) is 9.88 Å². The summed E-state index contributed by atoms with van der Waals surface area (Å²) in [6.45, 7) is 1.69. The molecule has 3 aromatic carbocycles. The van der Waals surface area contributed by atoms with Gasteiger partial charge in [0.2, 0.25) is 0 Å². The van der Waals surface area contributed by atoms with Crippen LogP contribution in [0.2, 0.25) is 0 Å². The van der Waals surface area contributed by atoms with Crippen LogP contribution < -0.4 is 0 Å². The van der Waals surface area contributed by atoms with Crippen LogP contribution in [0.5, 0.6) is 0 Å². The van der Waals surface area contributed by atoms with E-state index in [1.165, 1.54) is 16.7 Å². The number of nitrogens with zero attached hydrogens (tertiary/aromatic N) is 2. The van der Waals surface area contributed by atoms with Crippen LogP contribution in [0.1, 0.15) is 28.4 Å². The van der Waals surface area contributed by atoms with Gasteiger partial charge < -0.3 is 0 Å². The van der Waals surface area contributed by atoms with Crippen molar-refractivity contribution in [1.29, 1.82) is 0 Å². The molecule has 4 aromatic rings. The van der Waals surface area contributed by atoms with Crippen LogP contribution in [-0.2, 0) is 13.1 Å². The van der Waals surface area contributed by atoms with E-state index in [2.05, 4.69) is 114 Å². The number of rotatable bonds is 8. The molecule has 0 spiro atoms. The molecule has 4 rings (SSSR count). The van der Waals surface area contributed by atoms with E-state index in [4.69, 9.17) is 4.98 Å². The van der Waals surface area contributed by atoms with E-state index < -0.39 is 0 Å². The van der Waals surface area contributed by atoms with E-state index in [1.54, 1.807) is 0 Å². The SMILES string of the molecule is C(=C\C(c1ccccn1)N(Cc1ccccc1)Cc1ccccc1)/c1ccccc1. The molecule has 0 saturated heterocycles. The van der Waals surface area contributed by atoms with Crippen molar-refractivity contribution in [3.8, 4) is 0 Å². The molecule has 0 bridgehead atoms. The van der Waals surface area contributed by atoms with E-state index in [0.717, 1.165) is 18.8 Å². The van der Waals surface area contributed by atoms with E-state index in [9.17, 15) is 0 Å². The number of hydrogen-bond acceptors (Lipinski definition) is 2. The molecule has 1 heterocycles. The number of aromatic nitrogens is 1. The summed E-state index contributed by atoms with van der Waals surface area (Å²) in [7, 11) is 0. The molecule has 1 aromatic heterocycles. The zero-order valence-corrected chi connectivity index (χ0v) is 17.0. The van der Waals surface area contributed by atoms with Gasteiger partial charge >= 0.3 is 0 Å². The quantitative estimate of drug-likeness (QED) is 0.340. The Balaban J connectivity index is 1.70. The molecule has 0 amide bonds. The van der Waals surface area contributed by atoms with Crippen molar-refractivity contribution in [3.63, 3.8) is 0 Å². The van der Waals surface area contributed by atoms with Crippen LogP contribution in [0.25, 0.3) is 6.08 Å². The molecule has 1 atom stereocenters. The zero-order chi connectivity index (χ0) is 20.4. The minimum Gasteiger partial charge on any atom is -0.283 e.